The maximum Gasteiger partial charge on any atom is 0.0251 e. The largest absolute Gasteiger partial charge is 0.391 e. The first kappa shape index (κ1) is 36.4. The average Bonchev–Trinajstić information content (AvgIpc) is 3.56. The standard InChI is InChI=1S/C24H31N.C12H20.C5H11N/c1-17(2)22-9-7-8-21-15-25(16-23(21)22)24(5,6)13-12-20-11-10-18(3)19(4)14-20;1-4-5-6-7-12-9-10(2)8-11(12)3;1-3-5-6-4-2/h7-11,14H,1,12-13,15-16H2,2-6H3;2,4-9H2,1,3H3;4,6H,2-3,5H2,1H3. The van der Waals surface area contributed by atoms with Gasteiger partial charge < -0.3 is 5.32 Å². The Balaban J connectivity index is 0.000000297. The molecule has 2 heteroatoms. The van der Waals surface area contributed by atoms with Crippen LogP contribution in [0.5, 0.6) is 0 Å². The van der Waals surface area contributed by atoms with Crippen molar-refractivity contribution >= 4 is 5.57 Å². The molecule has 2 aliphatic rings. The van der Waals surface area contributed by atoms with Gasteiger partial charge in [-0.25, -0.2) is 0 Å². The van der Waals surface area contributed by atoms with E-state index >= 15 is 0 Å². The lowest BCUT2D eigenvalue weighted by molar-refractivity contribution is 0.109. The summed E-state index contributed by atoms with van der Waals surface area (Å²) in [6.45, 7) is 32.8. The summed E-state index contributed by atoms with van der Waals surface area (Å²) in [5.41, 5.74) is 14.6. The quantitative estimate of drug-likeness (QED) is 0.198. The fourth-order valence-corrected chi connectivity index (χ4v) is 5.97. The van der Waals surface area contributed by atoms with Crippen LogP contribution in [0.3, 0.4) is 0 Å². The molecule has 0 fully saturated rings. The first-order valence-electron chi connectivity index (χ1n) is 16.7. The van der Waals surface area contributed by atoms with Crippen molar-refractivity contribution in [3.8, 4) is 0 Å². The molecular formula is C41H62N2. The van der Waals surface area contributed by atoms with Crippen LogP contribution in [-0.4, -0.2) is 17.0 Å². The number of allylic oxidation sites excluding steroid dienone is 4. The van der Waals surface area contributed by atoms with Crippen LogP contribution in [0.25, 0.3) is 5.57 Å². The molecule has 0 radical (unpaired) electrons. The summed E-state index contributed by atoms with van der Waals surface area (Å²) in [6, 6.07) is 13.6. The van der Waals surface area contributed by atoms with E-state index in [1.165, 1.54) is 95.9 Å². The lowest BCUT2D eigenvalue weighted by atomic mass is 9.92. The minimum atomic E-state index is 0.185. The van der Waals surface area contributed by atoms with Crippen LogP contribution in [0.2, 0.25) is 0 Å². The highest BCUT2D eigenvalue weighted by Gasteiger charge is 2.32. The maximum absolute atomic E-state index is 4.16. The van der Waals surface area contributed by atoms with Gasteiger partial charge in [0.15, 0.2) is 0 Å². The van der Waals surface area contributed by atoms with Crippen molar-refractivity contribution in [2.75, 3.05) is 6.54 Å². The second-order valence-corrected chi connectivity index (χ2v) is 13.4. The first-order valence-corrected chi connectivity index (χ1v) is 16.7. The summed E-state index contributed by atoms with van der Waals surface area (Å²) in [5.74, 6) is 0. The Bertz CT molecular complexity index is 1240. The van der Waals surface area contributed by atoms with Gasteiger partial charge in [0.2, 0.25) is 0 Å². The van der Waals surface area contributed by atoms with Crippen molar-refractivity contribution in [1.29, 1.82) is 0 Å². The molecule has 0 atom stereocenters. The molecule has 4 rings (SSSR count). The summed E-state index contributed by atoms with van der Waals surface area (Å²) in [5, 5.41) is 2.96. The average molecular weight is 583 g/mol. The summed E-state index contributed by atoms with van der Waals surface area (Å²) >= 11 is 0. The van der Waals surface area contributed by atoms with Gasteiger partial charge in [0.05, 0.1) is 0 Å². The Morgan fingerprint density at radius 1 is 0.953 bits per heavy atom. The van der Waals surface area contributed by atoms with Gasteiger partial charge in [0, 0.05) is 25.2 Å². The molecule has 0 spiro atoms. The molecule has 0 unspecified atom stereocenters. The van der Waals surface area contributed by atoms with E-state index in [-0.39, 0.29) is 5.54 Å². The smallest absolute Gasteiger partial charge is 0.0251 e. The van der Waals surface area contributed by atoms with E-state index in [2.05, 4.69) is 122 Å². The Morgan fingerprint density at radius 2 is 1.70 bits per heavy atom. The zero-order valence-corrected chi connectivity index (χ0v) is 29.1. The van der Waals surface area contributed by atoms with E-state index in [0.29, 0.717) is 0 Å². The van der Waals surface area contributed by atoms with E-state index in [0.717, 1.165) is 26.1 Å². The fraction of sp³-hybridized carbons (Fsp3) is 0.512. The summed E-state index contributed by atoms with van der Waals surface area (Å²) in [6.07, 6.45) is 12.9. The summed E-state index contributed by atoms with van der Waals surface area (Å²) in [7, 11) is 0. The van der Waals surface area contributed by atoms with Crippen molar-refractivity contribution in [2.45, 2.75) is 132 Å². The van der Waals surface area contributed by atoms with Gasteiger partial charge in [-0.3, -0.25) is 4.90 Å². The minimum absolute atomic E-state index is 0.185. The Kier molecular flexibility index (Phi) is 15.3. The van der Waals surface area contributed by atoms with Gasteiger partial charge in [-0.2, -0.15) is 0 Å². The normalized spacial score (nSPS) is 14.5. The molecule has 1 heterocycles. The van der Waals surface area contributed by atoms with Gasteiger partial charge in [0.1, 0.15) is 0 Å². The number of benzene rings is 2. The molecular weight excluding hydrogens is 520 g/mol. The van der Waals surface area contributed by atoms with Crippen LogP contribution in [0.1, 0.15) is 126 Å². The zero-order chi connectivity index (χ0) is 32.0. The van der Waals surface area contributed by atoms with Crippen molar-refractivity contribution in [3.05, 3.63) is 112 Å². The third kappa shape index (κ3) is 11.6. The second-order valence-electron chi connectivity index (χ2n) is 13.4. The molecule has 1 N–H and O–H groups in total. The first-order chi connectivity index (χ1) is 20.4. The highest BCUT2D eigenvalue weighted by atomic mass is 15.2. The highest BCUT2D eigenvalue weighted by molar-refractivity contribution is 5.66. The van der Waals surface area contributed by atoms with Crippen LogP contribution in [0, 0.1) is 13.8 Å². The van der Waals surface area contributed by atoms with Gasteiger partial charge in [-0.15, -0.1) is 0 Å². The molecule has 1 aliphatic carbocycles. The molecule has 1 aliphatic heterocycles. The Labute approximate surface area is 266 Å². The SMILES string of the molecule is C=C(C)c1cccc2c1CN(C(C)(C)CCc1ccc(C)c(C)c1)C2.C=C1CC(C)=C(CCCCC)C1.C=CNCCC. The van der Waals surface area contributed by atoms with Crippen molar-refractivity contribution in [1.82, 2.24) is 10.2 Å². The third-order valence-corrected chi connectivity index (χ3v) is 9.10. The predicted octanol–water partition coefficient (Wildman–Crippen LogP) is 11.4. The molecule has 236 valence electrons. The van der Waals surface area contributed by atoms with E-state index < -0.39 is 0 Å². The van der Waals surface area contributed by atoms with Crippen molar-refractivity contribution < 1.29 is 0 Å². The summed E-state index contributed by atoms with van der Waals surface area (Å²) < 4.78 is 0. The van der Waals surface area contributed by atoms with E-state index in [9.17, 15) is 0 Å². The third-order valence-electron chi connectivity index (χ3n) is 9.10. The number of nitrogens with zero attached hydrogens (tertiary/aromatic N) is 1. The zero-order valence-electron chi connectivity index (χ0n) is 29.1. The van der Waals surface area contributed by atoms with E-state index in [1.807, 2.05) is 0 Å². The summed E-state index contributed by atoms with van der Waals surface area (Å²) in [4.78, 5) is 2.63. The van der Waals surface area contributed by atoms with Gasteiger partial charge >= 0.3 is 0 Å². The molecule has 2 aromatic rings. The van der Waals surface area contributed by atoms with Gasteiger partial charge in [-0.05, 0) is 126 Å². The maximum atomic E-state index is 4.16. The van der Waals surface area contributed by atoms with Crippen LogP contribution in [0.15, 0.2) is 79.1 Å². The monoisotopic (exact) mass is 582 g/mol. The molecule has 2 nitrogen and oxygen atoms in total. The number of fused-ring (bicyclic) bond motifs is 1. The number of unbranched alkanes of at least 4 members (excludes halogenated alkanes) is 2. The van der Waals surface area contributed by atoms with Crippen molar-refractivity contribution in [2.24, 2.45) is 0 Å². The van der Waals surface area contributed by atoms with Crippen LogP contribution in [-0.2, 0) is 19.5 Å². The highest BCUT2D eigenvalue weighted by Crippen LogP contribution is 2.35. The van der Waals surface area contributed by atoms with Crippen LogP contribution in [0.4, 0.5) is 0 Å². The number of rotatable bonds is 12. The lowest BCUT2D eigenvalue weighted by Gasteiger charge is -2.35. The Morgan fingerprint density at radius 3 is 2.26 bits per heavy atom. The molecule has 0 amide bonds. The molecule has 0 saturated carbocycles. The van der Waals surface area contributed by atoms with Gasteiger partial charge in [0.25, 0.3) is 0 Å². The minimum Gasteiger partial charge on any atom is -0.391 e. The predicted molar refractivity (Wildman–Crippen MR) is 192 cm³/mol. The molecule has 43 heavy (non-hydrogen) atoms. The number of hydrogen-bond acceptors (Lipinski definition) is 2. The van der Waals surface area contributed by atoms with Gasteiger partial charge in [-0.1, -0.05) is 105 Å². The number of aryl methyl sites for hydroxylation is 3. The molecule has 0 bridgehead atoms. The molecule has 0 aromatic heterocycles. The molecule has 2 aromatic carbocycles. The number of nitrogens with one attached hydrogen (secondary N) is 1. The van der Waals surface area contributed by atoms with E-state index in [4.69, 9.17) is 0 Å². The topological polar surface area (TPSA) is 15.3 Å². The van der Waals surface area contributed by atoms with Crippen LogP contribution >= 0.6 is 0 Å². The number of hydrogen-bond donors (Lipinski definition) is 1. The Hall–Kier alpha value is -2.84. The fourth-order valence-electron chi connectivity index (χ4n) is 5.97. The van der Waals surface area contributed by atoms with E-state index in [1.54, 1.807) is 17.3 Å². The van der Waals surface area contributed by atoms with Crippen LogP contribution < -0.4 is 5.32 Å². The van der Waals surface area contributed by atoms with Crippen molar-refractivity contribution in [3.63, 3.8) is 0 Å². The second kappa shape index (κ2) is 18.1. The lowest BCUT2D eigenvalue weighted by Crippen LogP contribution is -2.40. The molecule has 0 saturated heterocycles.